The Bertz CT molecular complexity index is 935. The molecule has 174 valence electrons. The van der Waals surface area contributed by atoms with Gasteiger partial charge in [0.05, 0.1) is 11.8 Å². The van der Waals surface area contributed by atoms with Gasteiger partial charge in [-0.15, -0.1) is 10.2 Å². The Morgan fingerprint density at radius 2 is 1.78 bits per heavy atom. The topological polar surface area (TPSA) is 92.1 Å². The van der Waals surface area contributed by atoms with E-state index in [0.717, 1.165) is 37.4 Å². The molecule has 1 fully saturated rings. The summed E-state index contributed by atoms with van der Waals surface area (Å²) in [6.45, 7) is 9.58. The number of imide groups is 1. The molecule has 10 heteroatoms. The Morgan fingerprint density at radius 3 is 2.41 bits per heavy atom. The first-order valence-electron chi connectivity index (χ1n) is 10.8. The second-order valence-corrected chi connectivity index (χ2v) is 9.91. The number of hydrogen-bond acceptors (Lipinski definition) is 6. The van der Waals surface area contributed by atoms with E-state index in [1.54, 1.807) is 12.1 Å². The number of hydrogen-bond donors (Lipinski definition) is 2. The first-order valence-corrected chi connectivity index (χ1v) is 11.8. The van der Waals surface area contributed by atoms with Crippen LogP contribution in [0.15, 0.2) is 29.4 Å². The van der Waals surface area contributed by atoms with Gasteiger partial charge in [0.15, 0.2) is 11.0 Å². The number of nitrogens with zero attached hydrogens (tertiary/aromatic N) is 4. The van der Waals surface area contributed by atoms with E-state index in [1.807, 2.05) is 25.3 Å². The molecule has 0 unspecified atom stereocenters. The standard InChI is InChI=1S/C22H31FN6O2S/c1-15(28-12-6-5-7-13-28)19-26-27-21(29(19)17-10-8-16(23)9-11-17)32-14-18(30)24-20(31)25-22(2,3)4/h8-11,15H,5-7,12-14H2,1-4H3,(H2,24,25,30,31)/t15-/m1/s1. The van der Waals surface area contributed by atoms with Gasteiger partial charge in [-0.1, -0.05) is 18.2 Å². The maximum Gasteiger partial charge on any atom is 0.321 e. The molecule has 1 saturated heterocycles. The normalized spacial score (nSPS) is 15.9. The number of rotatable bonds is 6. The van der Waals surface area contributed by atoms with Crippen molar-refractivity contribution >= 4 is 23.7 Å². The molecular weight excluding hydrogens is 431 g/mol. The quantitative estimate of drug-likeness (QED) is 0.637. The number of likely N-dealkylation sites (tertiary alicyclic amines) is 1. The zero-order valence-corrected chi connectivity index (χ0v) is 19.8. The van der Waals surface area contributed by atoms with Crippen molar-refractivity contribution in [3.8, 4) is 5.69 Å². The Hall–Kier alpha value is -2.46. The average molecular weight is 463 g/mol. The second-order valence-electron chi connectivity index (χ2n) is 8.97. The number of thioether (sulfide) groups is 1. The fourth-order valence-electron chi connectivity index (χ4n) is 3.61. The zero-order valence-electron chi connectivity index (χ0n) is 19.0. The summed E-state index contributed by atoms with van der Waals surface area (Å²) in [6, 6.07) is 5.61. The molecule has 2 N–H and O–H groups in total. The summed E-state index contributed by atoms with van der Waals surface area (Å²) in [7, 11) is 0. The molecule has 1 aromatic carbocycles. The lowest BCUT2D eigenvalue weighted by Gasteiger charge is -2.31. The van der Waals surface area contributed by atoms with Crippen molar-refractivity contribution in [3.63, 3.8) is 0 Å². The number of carbonyl (C=O) groups is 2. The van der Waals surface area contributed by atoms with Gasteiger partial charge in [-0.2, -0.15) is 0 Å². The molecule has 0 spiro atoms. The molecule has 0 radical (unpaired) electrons. The predicted molar refractivity (Wildman–Crippen MR) is 122 cm³/mol. The number of piperidine rings is 1. The van der Waals surface area contributed by atoms with Crippen molar-refractivity contribution in [1.82, 2.24) is 30.3 Å². The number of benzene rings is 1. The molecule has 1 aromatic heterocycles. The number of carbonyl (C=O) groups excluding carboxylic acids is 2. The monoisotopic (exact) mass is 462 g/mol. The first-order chi connectivity index (χ1) is 15.1. The van der Waals surface area contributed by atoms with E-state index in [9.17, 15) is 14.0 Å². The van der Waals surface area contributed by atoms with E-state index in [1.165, 1.54) is 30.3 Å². The van der Waals surface area contributed by atoms with Gasteiger partial charge in [-0.3, -0.25) is 19.6 Å². The fourth-order valence-corrected chi connectivity index (χ4v) is 4.37. The maximum absolute atomic E-state index is 13.5. The largest absolute Gasteiger partial charge is 0.333 e. The van der Waals surface area contributed by atoms with Crippen LogP contribution >= 0.6 is 11.8 Å². The molecule has 3 amide bonds. The van der Waals surface area contributed by atoms with E-state index in [-0.39, 0.29) is 17.6 Å². The van der Waals surface area contributed by atoms with E-state index >= 15 is 0 Å². The van der Waals surface area contributed by atoms with Crippen LogP contribution in [-0.4, -0.2) is 56.0 Å². The zero-order chi connectivity index (χ0) is 23.3. The van der Waals surface area contributed by atoms with Gasteiger partial charge in [0.1, 0.15) is 5.82 Å². The highest BCUT2D eigenvalue weighted by Crippen LogP contribution is 2.29. The van der Waals surface area contributed by atoms with Gasteiger partial charge in [-0.05, 0) is 77.9 Å². The SMILES string of the molecule is C[C@H](c1nnc(SCC(=O)NC(=O)NC(C)(C)C)n1-c1ccc(F)cc1)N1CCCCC1. The second kappa shape index (κ2) is 10.4. The summed E-state index contributed by atoms with van der Waals surface area (Å²) in [5, 5.41) is 14.3. The predicted octanol–water partition coefficient (Wildman–Crippen LogP) is 3.67. The molecule has 32 heavy (non-hydrogen) atoms. The van der Waals surface area contributed by atoms with Gasteiger partial charge < -0.3 is 5.32 Å². The summed E-state index contributed by atoms with van der Waals surface area (Å²) in [6.07, 6.45) is 3.52. The molecule has 3 rings (SSSR count). The number of urea groups is 1. The van der Waals surface area contributed by atoms with Crippen LogP contribution in [0.25, 0.3) is 5.69 Å². The molecule has 0 saturated carbocycles. The average Bonchev–Trinajstić information content (AvgIpc) is 3.15. The molecule has 0 aliphatic carbocycles. The van der Waals surface area contributed by atoms with Crippen LogP contribution in [0.4, 0.5) is 9.18 Å². The van der Waals surface area contributed by atoms with E-state index in [0.29, 0.717) is 5.16 Å². The summed E-state index contributed by atoms with van der Waals surface area (Å²) in [5.41, 5.74) is 0.281. The lowest BCUT2D eigenvalue weighted by atomic mass is 10.1. The van der Waals surface area contributed by atoms with Crippen LogP contribution in [0.3, 0.4) is 0 Å². The third-order valence-corrected chi connectivity index (χ3v) is 6.06. The van der Waals surface area contributed by atoms with Crippen LogP contribution in [0.1, 0.15) is 58.8 Å². The Morgan fingerprint density at radius 1 is 1.12 bits per heavy atom. The lowest BCUT2D eigenvalue weighted by Crippen LogP contribution is -2.48. The molecule has 2 aromatic rings. The van der Waals surface area contributed by atoms with E-state index in [2.05, 4.69) is 32.7 Å². The van der Waals surface area contributed by atoms with Gasteiger partial charge >= 0.3 is 6.03 Å². The van der Waals surface area contributed by atoms with Crippen molar-refractivity contribution < 1.29 is 14.0 Å². The van der Waals surface area contributed by atoms with Crippen molar-refractivity contribution in [3.05, 3.63) is 35.9 Å². The molecule has 0 bridgehead atoms. The van der Waals surface area contributed by atoms with Crippen LogP contribution in [0, 0.1) is 5.82 Å². The van der Waals surface area contributed by atoms with Crippen LogP contribution in [-0.2, 0) is 4.79 Å². The van der Waals surface area contributed by atoms with Crippen molar-refractivity contribution in [2.45, 2.75) is 63.7 Å². The van der Waals surface area contributed by atoms with Crippen LogP contribution < -0.4 is 10.6 Å². The number of amides is 3. The molecular formula is C22H31FN6O2S. The summed E-state index contributed by atoms with van der Waals surface area (Å²) >= 11 is 1.18. The van der Waals surface area contributed by atoms with Crippen LogP contribution in [0.5, 0.6) is 0 Å². The highest BCUT2D eigenvalue weighted by atomic mass is 32.2. The molecule has 1 atom stereocenters. The Kier molecular flexibility index (Phi) is 7.89. The van der Waals surface area contributed by atoms with Gasteiger partial charge in [0.2, 0.25) is 5.91 Å². The molecule has 1 aliphatic rings. The summed E-state index contributed by atoms with van der Waals surface area (Å²) in [5.74, 6) is -0.0246. The Balaban J connectivity index is 1.78. The Labute approximate surface area is 192 Å². The summed E-state index contributed by atoms with van der Waals surface area (Å²) < 4.78 is 15.4. The third-order valence-electron chi connectivity index (χ3n) is 5.13. The minimum atomic E-state index is -0.539. The van der Waals surface area contributed by atoms with E-state index < -0.39 is 17.5 Å². The number of halogens is 1. The third kappa shape index (κ3) is 6.52. The number of nitrogens with one attached hydrogen (secondary N) is 2. The van der Waals surface area contributed by atoms with Crippen molar-refractivity contribution in [1.29, 1.82) is 0 Å². The molecule has 1 aliphatic heterocycles. The maximum atomic E-state index is 13.5. The molecule has 2 heterocycles. The van der Waals surface area contributed by atoms with Crippen molar-refractivity contribution in [2.24, 2.45) is 0 Å². The lowest BCUT2D eigenvalue weighted by molar-refractivity contribution is -0.117. The van der Waals surface area contributed by atoms with Gasteiger partial charge in [0, 0.05) is 11.2 Å². The minimum Gasteiger partial charge on any atom is -0.333 e. The van der Waals surface area contributed by atoms with E-state index in [4.69, 9.17) is 0 Å². The summed E-state index contributed by atoms with van der Waals surface area (Å²) in [4.78, 5) is 26.6. The smallest absolute Gasteiger partial charge is 0.321 e. The van der Waals surface area contributed by atoms with Crippen molar-refractivity contribution in [2.75, 3.05) is 18.8 Å². The highest BCUT2D eigenvalue weighted by Gasteiger charge is 2.26. The highest BCUT2D eigenvalue weighted by molar-refractivity contribution is 7.99. The minimum absolute atomic E-state index is 0.00497. The number of aromatic nitrogens is 3. The van der Waals surface area contributed by atoms with Gasteiger partial charge in [0.25, 0.3) is 0 Å². The first kappa shape index (κ1) is 24.2. The van der Waals surface area contributed by atoms with Gasteiger partial charge in [-0.25, -0.2) is 9.18 Å². The molecule has 8 nitrogen and oxygen atoms in total. The fraction of sp³-hybridized carbons (Fsp3) is 0.545. The van der Waals surface area contributed by atoms with Crippen LogP contribution in [0.2, 0.25) is 0 Å².